The van der Waals surface area contributed by atoms with Crippen LogP contribution in [0.15, 0.2) is 78.5 Å². The number of hydrogen-bond donors (Lipinski definition) is 2. The fourth-order valence-corrected chi connectivity index (χ4v) is 3.65. The van der Waals surface area contributed by atoms with E-state index in [0.29, 0.717) is 22.6 Å². The standard InChI is InChI=1S/C26H29N3O7S/c1-4-14-37-17-22(27-23(30)16-35-21-8-6-5-7-9-21)25(31)28-24(18(2)3)26(32)36-15-19-10-12-20(13-11-19)29(33)34/h4-13,22H,1,14-17H2,2-3H3,(H,27,30)(H,28,31)/t22-/m0/s1. The molecule has 0 saturated heterocycles. The van der Waals surface area contributed by atoms with Crippen LogP contribution in [-0.4, -0.2) is 46.9 Å². The first-order valence-corrected chi connectivity index (χ1v) is 12.4. The fraction of sp³-hybridized carbons (Fsp3) is 0.269. The Kier molecular flexibility index (Phi) is 11.9. The van der Waals surface area contributed by atoms with Gasteiger partial charge in [0, 0.05) is 23.6 Å². The number of para-hydroxylation sites is 1. The van der Waals surface area contributed by atoms with Crippen molar-refractivity contribution in [3.05, 3.63) is 94.2 Å². The molecular weight excluding hydrogens is 498 g/mol. The summed E-state index contributed by atoms with van der Waals surface area (Å²) in [5.74, 6) is -0.545. The van der Waals surface area contributed by atoms with E-state index >= 15 is 0 Å². The monoisotopic (exact) mass is 527 g/mol. The zero-order valence-electron chi connectivity index (χ0n) is 20.6. The van der Waals surface area contributed by atoms with Gasteiger partial charge in [-0.25, -0.2) is 4.79 Å². The molecule has 0 aromatic heterocycles. The number of allylic oxidation sites excluding steroid dienone is 1. The van der Waals surface area contributed by atoms with Crippen molar-refractivity contribution in [3.63, 3.8) is 0 Å². The van der Waals surface area contributed by atoms with Gasteiger partial charge in [-0.2, -0.15) is 11.8 Å². The van der Waals surface area contributed by atoms with Crippen LogP contribution in [-0.2, 0) is 25.7 Å². The third-order valence-corrected chi connectivity index (χ3v) is 5.79. The molecule has 2 rings (SSSR count). The molecule has 0 bridgehead atoms. The Hall–Kier alpha value is -4.12. The van der Waals surface area contributed by atoms with Gasteiger partial charge in [-0.1, -0.05) is 24.3 Å². The van der Waals surface area contributed by atoms with Crippen molar-refractivity contribution in [2.45, 2.75) is 26.5 Å². The van der Waals surface area contributed by atoms with Gasteiger partial charge in [0.1, 0.15) is 24.1 Å². The van der Waals surface area contributed by atoms with Crippen molar-refractivity contribution in [2.75, 3.05) is 18.1 Å². The number of esters is 1. The number of carbonyl (C=O) groups excluding carboxylic acids is 3. The van der Waals surface area contributed by atoms with Crippen molar-refractivity contribution in [3.8, 4) is 5.75 Å². The van der Waals surface area contributed by atoms with Crippen molar-refractivity contribution < 1.29 is 28.8 Å². The average Bonchev–Trinajstić information content (AvgIpc) is 2.89. The van der Waals surface area contributed by atoms with Gasteiger partial charge in [-0.15, -0.1) is 6.58 Å². The lowest BCUT2D eigenvalue weighted by Gasteiger charge is -2.20. The van der Waals surface area contributed by atoms with Crippen LogP contribution < -0.4 is 15.4 Å². The van der Waals surface area contributed by atoms with E-state index in [9.17, 15) is 24.5 Å². The number of nitrogens with one attached hydrogen (secondary N) is 2. The zero-order chi connectivity index (χ0) is 27.2. The Morgan fingerprint density at radius 2 is 1.78 bits per heavy atom. The predicted octanol–water partition coefficient (Wildman–Crippen LogP) is 3.53. The topological polar surface area (TPSA) is 137 Å². The van der Waals surface area contributed by atoms with E-state index in [2.05, 4.69) is 17.2 Å². The highest BCUT2D eigenvalue weighted by molar-refractivity contribution is 7.99. The number of benzene rings is 2. The Bertz CT molecular complexity index is 1130. The Balaban J connectivity index is 2.01. The van der Waals surface area contributed by atoms with Crippen molar-refractivity contribution in [1.82, 2.24) is 10.6 Å². The molecule has 1 atom stereocenters. The van der Waals surface area contributed by atoms with Gasteiger partial charge in [-0.05, 0) is 49.2 Å². The summed E-state index contributed by atoms with van der Waals surface area (Å²) in [6.45, 7) is 6.49. The van der Waals surface area contributed by atoms with Gasteiger partial charge in [0.2, 0.25) is 5.91 Å². The summed E-state index contributed by atoms with van der Waals surface area (Å²) in [6.07, 6.45) is 1.68. The summed E-state index contributed by atoms with van der Waals surface area (Å²) >= 11 is 1.39. The van der Waals surface area contributed by atoms with E-state index in [1.807, 2.05) is 6.07 Å². The lowest BCUT2D eigenvalue weighted by atomic mass is 10.2. The summed E-state index contributed by atoms with van der Waals surface area (Å²) in [4.78, 5) is 48.4. The van der Waals surface area contributed by atoms with E-state index in [1.54, 1.807) is 44.2 Å². The average molecular weight is 528 g/mol. The molecule has 0 unspecified atom stereocenters. The number of carbonyl (C=O) groups is 3. The maximum atomic E-state index is 13.0. The number of nitrogens with zero attached hydrogens (tertiary/aromatic N) is 1. The normalized spacial score (nSPS) is 11.0. The zero-order valence-corrected chi connectivity index (χ0v) is 21.4. The molecule has 0 aliphatic heterocycles. The minimum absolute atomic E-state index is 0.0552. The van der Waals surface area contributed by atoms with Crippen LogP contribution in [0.1, 0.15) is 19.4 Å². The SMILES string of the molecule is C=CCSC[C@H](NC(=O)COc1ccccc1)C(=O)NC(C(=O)OCc1ccc([N+](=O)[O-])cc1)=C(C)C. The number of nitro groups is 1. The molecule has 196 valence electrons. The van der Waals surface area contributed by atoms with Crippen LogP contribution >= 0.6 is 11.8 Å². The number of hydrogen-bond acceptors (Lipinski definition) is 8. The largest absolute Gasteiger partial charge is 0.484 e. The first-order chi connectivity index (χ1) is 17.7. The predicted molar refractivity (Wildman–Crippen MR) is 141 cm³/mol. The molecule has 37 heavy (non-hydrogen) atoms. The summed E-state index contributed by atoms with van der Waals surface area (Å²) in [6, 6.07) is 13.4. The van der Waals surface area contributed by atoms with E-state index in [1.165, 1.54) is 36.0 Å². The van der Waals surface area contributed by atoms with Crippen molar-refractivity contribution in [1.29, 1.82) is 0 Å². The number of thioether (sulfide) groups is 1. The van der Waals surface area contributed by atoms with E-state index in [0.717, 1.165) is 0 Å². The number of non-ortho nitro benzene ring substituents is 1. The first kappa shape index (κ1) is 29.1. The first-order valence-electron chi connectivity index (χ1n) is 11.3. The third-order valence-electron chi connectivity index (χ3n) is 4.75. The Morgan fingerprint density at radius 3 is 2.38 bits per heavy atom. The highest BCUT2D eigenvalue weighted by atomic mass is 32.2. The lowest BCUT2D eigenvalue weighted by Crippen LogP contribution is -2.50. The molecule has 2 aromatic rings. The maximum absolute atomic E-state index is 13.0. The molecule has 10 nitrogen and oxygen atoms in total. The second kappa shape index (κ2) is 15.1. The molecule has 0 heterocycles. The van der Waals surface area contributed by atoms with E-state index in [-0.39, 0.29) is 30.4 Å². The van der Waals surface area contributed by atoms with Crippen LogP contribution in [0.3, 0.4) is 0 Å². The van der Waals surface area contributed by atoms with Crippen LogP contribution in [0.5, 0.6) is 5.75 Å². The molecule has 11 heteroatoms. The molecule has 2 aromatic carbocycles. The molecule has 2 N–H and O–H groups in total. The van der Waals surface area contributed by atoms with Gasteiger partial charge < -0.3 is 20.1 Å². The van der Waals surface area contributed by atoms with Crippen LogP contribution in [0.25, 0.3) is 0 Å². The molecule has 0 aliphatic carbocycles. The van der Waals surface area contributed by atoms with Crippen molar-refractivity contribution >= 4 is 35.2 Å². The minimum Gasteiger partial charge on any atom is -0.484 e. The molecule has 0 saturated carbocycles. The van der Waals surface area contributed by atoms with Gasteiger partial charge in [0.15, 0.2) is 6.61 Å². The smallest absolute Gasteiger partial charge is 0.355 e. The highest BCUT2D eigenvalue weighted by Gasteiger charge is 2.25. The summed E-state index contributed by atoms with van der Waals surface area (Å²) in [5, 5.41) is 16.0. The summed E-state index contributed by atoms with van der Waals surface area (Å²) in [7, 11) is 0. The van der Waals surface area contributed by atoms with Crippen LogP contribution in [0.4, 0.5) is 5.69 Å². The second-order valence-electron chi connectivity index (χ2n) is 7.91. The number of ether oxygens (including phenoxy) is 2. The van der Waals surface area contributed by atoms with E-state index in [4.69, 9.17) is 9.47 Å². The fourth-order valence-electron chi connectivity index (χ4n) is 2.88. The number of amides is 2. The lowest BCUT2D eigenvalue weighted by molar-refractivity contribution is -0.384. The van der Waals surface area contributed by atoms with Crippen molar-refractivity contribution in [2.24, 2.45) is 0 Å². The van der Waals surface area contributed by atoms with E-state index < -0.39 is 28.7 Å². The molecular formula is C26H29N3O7S. The van der Waals surface area contributed by atoms with Gasteiger partial charge in [0.25, 0.3) is 11.6 Å². The Morgan fingerprint density at radius 1 is 1.11 bits per heavy atom. The maximum Gasteiger partial charge on any atom is 0.355 e. The van der Waals surface area contributed by atoms with Gasteiger partial charge >= 0.3 is 5.97 Å². The summed E-state index contributed by atoms with van der Waals surface area (Å²) in [5.41, 5.74) is 0.908. The molecule has 0 radical (unpaired) electrons. The molecule has 0 fully saturated rings. The summed E-state index contributed by atoms with van der Waals surface area (Å²) < 4.78 is 10.7. The van der Waals surface area contributed by atoms with Crippen LogP contribution in [0.2, 0.25) is 0 Å². The second-order valence-corrected chi connectivity index (χ2v) is 8.99. The third kappa shape index (κ3) is 10.2. The molecule has 0 spiro atoms. The molecule has 0 aliphatic rings. The minimum atomic E-state index is -0.950. The highest BCUT2D eigenvalue weighted by Crippen LogP contribution is 2.14. The molecule has 2 amide bonds. The number of nitro benzene ring substituents is 1. The van der Waals surface area contributed by atoms with Crippen LogP contribution in [0, 0.1) is 10.1 Å². The number of rotatable bonds is 14. The Labute approximate surface area is 219 Å². The van der Waals surface area contributed by atoms with Gasteiger partial charge in [-0.3, -0.25) is 19.7 Å². The quantitative estimate of drug-likeness (QED) is 0.0951. The van der Waals surface area contributed by atoms with Gasteiger partial charge in [0.05, 0.1) is 4.92 Å².